The molecule has 2 unspecified atom stereocenters. The van der Waals surface area contributed by atoms with Gasteiger partial charge in [0, 0.05) is 32.0 Å². The highest BCUT2D eigenvalue weighted by molar-refractivity contribution is 6.00. The van der Waals surface area contributed by atoms with Gasteiger partial charge >= 0.3 is 0 Å². The molecule has 0 spiro atoms. The number of benzene rings is 1. The van der Waals surface area contributed by atoms with Gasteiger partial charge in [-0.05, 0) is 42.9 Å². The van der Waals surface area contributed by atoms with E-state index in [-0.39, 0.29) is 5.91 Å². The fourth-order valence-corrected chi connectivity index (χ4v) is 2.90. The van der Waals surface area contributed by atoms with Gasteiger partial charge in [-0.25, -0.2) is 0 Å². The molecule has 0 saturated heterocycles. The van der Waals surface area contributed by atoms with Gasteiger partial charge in [0.15, 0.2) is 0 Å². The van der Waals surface area contributed by atoms with E-state index in [0.29, 0.717) is 17.2 Å². The first-order chi connectivity index (χ1) is 9.47. The normalized spacial score (nSPS) is 21.8. The Kier molecular flexibility index (Phi) is 4.53. The summed E-state index contributed by atoms with van der Waals surface area (Å²) in [5, 5.41) is 3.42. The Hall–Kier alpha value is -1.71. The quantitative estimate of drug-likeness (QED) is 0.831. The number of rotatable bonds is 4. The van der Waals surface area contributed by atoms with E-state index in [2.05, 4.69) is 12.2 Å². The first-order valence-corrected chi connectivity index (χ1v) is 7.32. The zero-order valence-electron chi connectivity index (χ0n) is 12.6. The Morgan fingerprint density at radius 2 is 2.15 bits per heavy atom. The van der Waals surface area contributed by atoms with Gasteiger partial charge in [-0.1, -0.05) is 13.3 Å². The maximum absolute atomic E-state index is 12.2. The number of amides is 1. The van der Waals surface area contributed by atoms with Gasteiger partial charge in [0.05, 0.1) is 5.56 Å². The maximum Gasteiger partial charge on any atom is 0.255 e. The van der Waals surface area contributed by atoms with Crippen molar-refractivity contribution in [3.8, 4) is 0 Å². The van der Waals surface area contributed by atoms with Crippen LogP contribution in [0.1, 0.15) is 36.5 Å². The van der Waals surface area contributed by atoms with Crippen molar-refractivity contribution in [1.29, 1.82) is 0 Å². The lowest BCUT2D eigenvalue weighted by atomic mass is 10.1. The van der Waals surface area contributed by atoms with Crippen molar-refractivity contribution in [2.75, 3.05) is 31.7 Å². The molecule has 1 amide bonds. The molecule has 2 rings (SSSR count). The third-order valence-corrected chi connectivity index (χ3v) is 4.06. The summed E-state index contributed by atoms with van der Waals surface area (Å²) in [5.41, 5.74) is 8.07. The predicted molar refractivity (Wildman–Crippen MR) is 83.9 cm³/mol. The van der Waals surface area contributed by atoms with Gasteiger partial charge in [0.25, 0.3) is 5.91 Å². The van der Waals surface area contributed by atoms with Gasteiger partial charge < -0.3 is 16.0 Å². The van der Waals surface area contributed by atoms with E-state index in [4.69, 9.17) is 5.73 Å². The molecule has 1 aliphatic rings. The molecular weight excluding hydrogens is 250 g/mol. The van der Waals surface area contributed by atoms with Crippen LogP contribution in [0.5, 0.6) is 0 Å². The number of nitrogens with one attached hydrogen (secondary N) is 1. The average Bonchev–Trinajstić information content (AvgIpc) is 2.81. The van der Waals surface area contributed by atoms with Gasteiger partial charge in [-0.3, -0.25) is 4.79 Å². The fourth-order valence-electron chi connectivity index (χ4n) is 2.90. The molecule has 20 heavy (non-hydrogen) atoms. The Labute approximate surface area is 121 Å². The zero-order chi connectivity index (χ0) is 14.7. The second-order valence-electron chi connectivity index (χ2n) is 6.17. The smallest absolute Gasteiger partial charge is 0.255 e. The molecule has 1 saturated carbocycles. The predicted octanol–water partition coefficient (Wildman–Crippen LogP) is 2.82. The number of nitrogens with zero attached hydrogens (tertiary/aromatic N) is 1. The number of anilines is 2. The third-order valence-electron chi connectivity index (χ3n) is 4.06. The van der Waals surface area contributed by atoms with Crippen molar-refractivity contribution < 1.29 is 4.79 Å². The first-order valence-electron chi connectivity index (χ1n) is 7.32. The number of nitrogen functional groups attached to an aromatic ring is 1. The number of nitrogens with two attached hydrogens (primary N) is 1. The Balaban J connectivity index is 2.09. The largest absolute Gasteiger partial charge is 0.399 e. The van der Waals surface area contributed by atoms with Gasteiger partial charge in [0.2, 0.25) is 0 Å². The van der Waals surface area contributed by atoms with Crippen LogP contribution >= 0.6 is 0 Å². The average molecular weight is 275 g/mol. The molecule has 4 nitrogen and oxygen atoms in total. The molecule has 3 N–H and O–H groups in total. The van der Waals surface area contributed by atoms with E-state index in [1.54, 1.807) is 31.1 Å². The second kappa shape index (κ2) is 6.16. The summed E-state index contributed by atoms with van der Waals surface area (Å²) < 4.78 is 0. The van der Waals surface area contributed by atoms with Crippen molar-refractivity contribution in [3.63, 3.8) is 0 Å². The molecule has 2 atom stereocenters. The minimum absolute atomic E-state index is 0.00675. The van der Waals surface area contributed by atoms with Crippen LogP contribution in [0.3, 0.4) is 0 Å². The topological polar surface area (TPSA) is 58.4 Å². The molecule has 1 fully saturated rings. The molecule has 1 aromatic carbocycles. The monoisotopic (exact) mass is 275 g/mol. The summed E-state index contributed by atoms with van der Waals surface area (Å²) in [6.07, 6.45) is 3.85. The summed E-state index contributed by atoms with van der Waals surface area (Å²) in [4.78, 5) is 13.8. The maximum atomic E-state index is 12.2. The van der Waals surface area contributed by atoms with Gasteiger partial charge in [-0.2, -0.15) is 0 Å². The minimum atomic E-state index is 0.00675. The lowest BCUT2D eigenvalue weighted by Gasteiger charge is -2.18. The van der Waals surface area contributed by atoms with Crippen LogP contribution < -0.4 is 11.1 Å². The molecule has 110 valence electrons. The molecule has 1 aliphatic carbocycles. The molecule has 0 aromatic heterocycles. The van der Waals surface area contributed by atoms with Crippen molar-refractivity contribution in [1.82, 2.24) is 4.90 Å². The summed E-state index contributed by atoms with van der Waals surface area (Å²) in [6, 6.07) is 5.44. The van der Waals surface area contributed by atoms with Crippen molar-refractivity contribution in [2.45, 2.75) is 26.2 Å². The highest BCUT2D eigenvalue weighted by atomic mass is 16.2. The lowest BCUT2D eigenvalue weighted by molar-refractivity contribution is 0.0828. The van der Waals surface area contributed by atoms with E-state index >= 15 is 0 Å². The molecule has 0 aliphatic heterocycles. The summed E-state index contributed by atoms with van der Waals surface area (Å²) in [5.74, 6) is 1.53. The zero-order valence-corrected chi connectivity index (χ0v) is 12.6. The molecule has 0 radical (unpaired) electrons. The number of carbonyl (C=O) groups excluding carboxylic acids is 1. The molecule has 4 heteroatoms. The van der Waals surface area contributed by atoms with Crippen LogP contribution in [0.25, 0.3) is 0 Å². The van der Waals surface area contributed by atoms with Crippen LogP contribution in [0.2, 0.25) is 0 Å². The second-order valence-corrected chi connectivity index (χ2v) is 6.17. The van der Waals surface area contributed by atoms with E-state index in [0.717, 1.165) is 18.2 Å². The highest BCUT2D eigenvalue weighted by Gasteiger charge is 2.21. The Morgan fingerprint density at radius 1 is 1.40 bits per heavy atom. The van der Waals surface area contributed by atoms with E-state index < -0.39 is 0 Å². The standard InChI is InChI=1S/C16H25N3O/c1-11-4-5-12(8-11)10-18-15-9-13(17)6-7-14(15)16(20)19(2)3/h6-7,9,11-12,18H,4-5,8,10,17H2,1-3H3. The molecular formula is C16H25N3O. The highest BCUT2D eigenvalue weighted by Crippen LogP contribution is 2.31. The van der Waals surface area contributed by atoms with Crippen LogP contribution in [0, 0.1) is 11.8 Å². The lowest BCUT2D eigenvalue weighted by Crippen LogP contribution is -2.23. The number of hydrogen-bond donors (Lipinski definition) is 2. The van der Waals surface area contributed by atoms with Crippen LogP contribution in [-0.4, -0.2) is 31.4 Å². The van der Waals surface area contributed by atoms with Crippen molar-refractivity contribution in [2.24, 2.45) is 11.8 Å². The third kappa shape index (κ3) is 3.44. The van der Waals surface area contributed by atoms with Crippen LogP contribution in [0.4, 0.5) is 11.4 Å². The Morgan fingerprint density at radius 3 is 2.75 bits per heavy atom. The van der Waals surface area contributed by atoms with E-state index in [1.165, 1.54) is 19.3 Å². The van der Waals surface area contributed by atoms with Crippen LogP contribution in [0.15, 0.2) is 18.2 Å². The first kappa shape index (κ1) is 14.7. The summed E-state index contributed by atoms with van der Waals surface area (Å²) in [6.45, 7) is 3.23. The summed E-state index contributed by atoms with van der Waals surface area (Å²) in [7, 11) is 3.53. The van der Waals surface area contributed by atoms with Gasteiger partial charge in [0.1, 0.15) is 0 Å². The van der Waals surface area contributed by atoms with Gasteiger partial charge in [-0.15, -0.1) is 0 Å². The van der Waals surface area contributed by atoms with Crippen molar-refractivity contribution >= 4 is 17.3 Å². The summed E-state index contributed by atoms with van der Waals surface area (Å²) >= 11 is 0. The molecule has 0 bridgehead atoms. The number of carbonyl (C=O) groups is 1. The Bertz CT molecular complexity index is 485. The fraction of sp³-hybridized carbons (Fsp3) is 0.562. The van der Waals surface area contributed by atoms with Crippen LogP contribution in [-0.2, 0) is 0 Å². The van der Waals surface area contributed by atoms with E-state index in [9.17, 15) is 4.79 Å². The van der Waals surface area contributed by atoms with Crippen molar-refractivity contribution in [3.05, 3.63) is 23.8 Å². The molecule has 1 aromatic rings. The minimum Gasteiger partial charge on any atom is -0.399 e. The SMILES string of the molecule is CC1CCC(CNc2cc(N)ccc2C(=O)N(C)C)C1. The van der Waals surface area contributed by atoms with E-state index in [1.807, 2.05) is 6.07 Å². The number of hydrogen-bond acceptors (Lipinski definition) is 3. The molecule has 0 heterocycles.